The van der Waals surface area contributed by atoms with E-state index in [9.17, 15) is 8.42 Å². The van der Waals surface area contributed by atoms with Gasteiger partial charge in [-0.2, -0.15) is 5.10 Å². The van der Waals surface area contributed by atoms with Crippen LogP contribution in [0.25, 0.3) is 0 Å². The number of anilines is 2. The zero-order valence-electron chi connectivity index (χ0n) is 9.88. The first-order chi connectivity index (χ1) is 7.91. The normalized spacial score (nSPS) is 17.4. The number of morpholine rings is 1. The Hall–Kier alpha value is -1.28. The summed E-state index contributed by atoms with van der Waals surface area (Å²) in [6, 6.07) is 0. The van der Waals surface area contributed by atoms with Crippen molar-refractivity contribution in [1.82, 2.24) is 9.78 Å². The molecule has 0 spiro atoms. The molecule has 7 nitrogen and oxygen atoms in total. The molecule has 17 heavy (non-hydrogen) atoms. The first kappa shape index (κ1) is 12.2. The topological polar surface area (TPSA) is 90.5 Å². The average molecular weight is 260 g/mol. The van der Waals surface area contributed by atoms with Gasteiger partial charge in [0, 0.05) is 26.4 Å². The van der Waals surface area contributed by atoms with Gasteiger partial charge in [0.15, 0.2) is 20.6 Å². The summed E-state index contributed by atoms with van der Waals surface area (Å²) in [7, 11) is -1.75. The van der Waals surface area contributed by atoms with E-state index >= 15 is 0 Å². The van der Waals surface area contributed by atoms with Gasteiger partial charge in [0.05, 0.1) is 13.2 Å². The zero-order valence-corrected chi connectivity index (χ0v) is 10.7. The van der Waals surface area contributed by atoms with Crippen molar-refractivity contribution in [3.8, 4) is 0 Å². The summed E-state index contributed by atoms with van der Waals surface area (Å²) >= 11 is 0. The van der Waals surface area contributed by atoms with Crippen LogP contribution in [0.4, 0.5) is 11.6 Å². The molecule has 0 radical (unpaired) electrons. The first-order valence-corrected chi connectivity index (χ1v) is 7.15. The summed E-state index contributed by atoms with van der Waals surface area (Å²) in [5.41, 5.74) is 5.76. The fraction of sp³-hybridized carbons (Fsp3) is 0.667. The predicted octanol–water partition coefficient (Wildman–Crippen LogP) is -0.758. The Labute approximate surface area is 100 Å². The van der Waals surface area contributed by atoms with Crippen LogP contribution in [-0.4, -0.2) is 50.8 Å². The Morgan fingerprint density at radius 1 is 1.35 bits per heavy atom. The molecular formula is C9H16N4O3S. The molecule has 0 bridgehead atoms. The van der Waals surface area contributed by atoms with Crippen LogP contribution in [0.5, 0.6) is 0 Å². The van der Waals surface area contributed by atoms with Crippen LogP contribution in [0, 0.1) is 0 Å². The second kappa shape index (κ2) is 4.19. The average Bonchev–Trinajstić information content (AvgIpc) is 2.56. The fourth-order valence-electron chi connectivity index (χ4n) is 1.84. The third kappa shape index (κ3) is 2.22. The molecule has 96 valence electrons. The van der Waals surface area contributed by atoms with Crippen LogP contribution in [-0.2, 0) is 21.6 Å². The Bertz CT molecular complexity index is 517. The number of hydrogen-bond acceptors (Lipinski definition) is 6. The molecule has 8 heteroatoms. The van der Waals surface area contributed by atoms with Crippen LogP contribution < -0.4 is 10.6 Å². The summed E-state index contributed by atoms with van der Waals surface area (Å²) in [6.45, 7) is 2.39. The Balaban J connectivity index is 2.50. The van der Waals surface area contributed by atoms with E-state index in [-0.39, 0.29) is 10.7 Å². The van der Waals surface area contributed by atoms with Gasteiger partial charge in [-0.05, 0) is 0 Å². The molecule has 2 N–H and O–H groups in total. The third-order valence-corrected chi connectivity index (χ3v) is 3.84. The van der Waals surface area contributed by atoms with E-state index in [1.165, 1.54) is 4.68 Å². The highest BCUT2D eigenvalue weighted by atomic mass is 32.2. The number of hydrogen-bond donors (Lipinski definition) is 1. The van der Waals surface area contributed by atoms with Crippen LogP contribution >= 0.6 is 0 Å². The molecular weight excluding hydrogens is 244 g/mol. The molecule has 1 aliphatic rings. The zero-order chi connectivity index (χ0) is 12.6. The molecule has 0 amide bonds. The van der Waals surface area contributed by atoms with Gasteiger partial charge in [-0.3, -0.25) is 0 Å². The molecule has 0 aromatic carbocycles. The monoisotopic (exact) mass is 260 g/mol. The Morgan fingerprint density at radius 3 is 2.47 bits per heavy atom. The summed E-state index contributed by atoms with van der Waals surface area (Å²) in [5, 5.41) is 4.18. The molecule has 1 aliphatic heterocycles. The Morgan fingerprint density at radius 2 is 1.94 bits per heavy atom. The number of sulfone groups is 1. The van der Waals surface area contributed by atoms with Gasteiger partial charge in [0.25, 0.3) is 0 Å². The largest absolute Gasteiger partial charge is 0.383 e. The number of nitrogens with zero attached hydrogens (tertiary/aromatic N) is 3. The molecule has 1 saturated heterocycles. The highest BCUT2D eigenvalue weighted by Gasteiger charge is 2.27. The predicted molar refractivity (Wildman–Crippen MR) is 63.8 cm³/mol. The second-order valence-corrected chi connectivity index (χ2v) is 5.99. The first-order valence-electron chi connectivity index (χ1n) is 5.26. The van der Waals surface area contributed by atoms with Crippen molar-refractivity contribution >= 4 is 21.5 Å². The van der Waals surface area contributed by atoms with Gasteiger partial charge in [-0.25, -0.2) is 13.1 Å². The minimum absolute atomic E-state index is 0.113. The maximum absolute atomic E-state index is 11.7. The quantitative estimate of drug-likeness (QED) is 0.752. The van der Waals surface area contributed by atoms with Gasteiger partial charge in [0.1, 0.15) is 5.82 Å². The molecule has 0 aliphatic carbocycles. The van der Waals surface area contributed by atoms with Gasteiger partial charge in [0.2, 0.25) is 0 Å². The van der Waals surface area contributed by atoms with E-state index in [0.717, 1.165) is 6.26 Å². The van der Waals surface area contributed by atoms with Crippen molar-refractivity contribution in [3.05, 3.63) is 0 Å². The Kier molecular flexibility index (Phi) is 3.00. The van der Waals surface area contributed by atoms with Gasteiger partial charge >= 0.3 is 0 Å². The summed E-state index contributed by atoms with van der Waals surface area (Å²) in [6.07, 6.45) is 1.14. The minimum Gasteiger partial charge on any atom is -0.383 e. The van der Waals surface area contributed by atoms with Crippen molar-refractivity contribution < 1.29 is 13.2 Å². The number of ether oxygens (including phenoxy) is 1. The van der Waals surface area contributed by atoms with E-state index in [1.807, 2.05) is 4.90 Å². The van der Waals surface area contributed by atoms with Crippen LogP contribution in [0.3, 0.4) is 0 Å². The van der Waals surface area contributed by atoms with Crippen molar-refractivity contribution in [3.63, 3.8) is 0 Å². The van der Waals surface area contributed by atoms with Crippen molar-refractivity contribution in [2.45, 2.75) is 4.90 Å². The van der Waals surface area contributed by atoms with E-state index in [2.05, 4.69) is 5.10 Å². The fourth-order valence-corrected chi connectivity index (χ4v) is 2.85. The standard InChI is InChI=1S/C9H16N4O3S/c1-12-8(10)7(17(2,14)15)9(11-12)13-3-5-16-6-4-13/h3-6,10H2,1-2H3. The number of aromatic nitrogens is 2. The lowest BCUT2D eigenvalue weighted by Crippen LogP contribution is -2.37. The highest BCUT2D eigenvalue weighted by Crippen LogP contribution is 2.29. The van der Waals surface area contributed by atoms with Crippen molar-refractivity contribution in [2.24, 2.45) is 7.05 Å². The molecule has 1 aromatic rings. The molecule has 0 saturated carbocycles. The smallest absolute Gasteiger partial charge is 0.182 e. The third-order valence-electron chi connectivity index (χ3n) is 2.71. The molecule has 0 atom stereocenters. The lowest BCUT2D eigenvalue weighted by atomic mass is 10.4. The lowest BCUT2D eigenvalue weighted by molar-refractivity contribution is 0.122. The number of nitrogen functional groups attached to an aromatic ring is 1. The molecule has 2 heterocycles. The molecule has 2 rings (SSSR count). The maximum atomic E-state index is 11.7. The van der Waals surface area contributed by atoms with E-state index < -0.39 is 9.84 Å². The molecule has 1 aromatic heterocycles. The molecule has 0 unspecified atom stereocenters. The number of rotatable bonds is 2. The number of nitrogens with two attached hydrogens (primary N) is 1. The highest BCUT2D eigenvalue weighted by molar-refractivity contribution is 7.91. The second-order valence-electron chi connectivity index (χ2n) is 4.03. The lowest BCUT2D eigenvalue weighted by Gasteiger charge is -2.27. The SMILES string of the molecule is Cn1nc(N2CCOCC2)c(S(C)(=O)=O)c1N. The van der Waals surface area contributed by atoms with Crippen LogP contribution in [0.1, 0.15) is 0 Å². The van der Waals surface area contributed by atoms with Gasteiger partial charge in [-0.1, -0.05) is 0 Å². The van der Waals surface area contributed by atoms with E-state index in [4.69, 9.17) is 10.5 Å². The van der Waals surface area contributed by atoms with Gasteiger partial charge < -0.3 is 15.4 Å². The van der Waals surface area contributed by atoms with Gasteiger partial charge in [-0.15, -0.1) is 0 Å². The molecule has 1 fully saturated rings. The van der Waals surface area contributed by atoms with E-state index in [1.54, 1.807) is 7.05 Å². The van der Waals surface area contributed by atoms with E-state index in [0.29, 0.717) is 32.1 Å². The summed E-state index contributed by atoms with van der Waals surface area (Å²) in [5.74, 6) is 0.602. The summed E-state index contributed by atoms with van der Waals surface area (Å²) < 4.78 is 30.1. The van der Waals surface area contributed by atoms with Crippen LogP contribution in [0.2, 0.25) is 0 Å². The van der Waals surface area contributed by atoms with Crippen molar-refractivity contribution in [1.29, 1.82) is 0 Å². The maximum Gasteiger partial charge on any atom is 0.182 e. The minimum atomic E-state index is -3.38. The van der Waals surface area contributed by atoms with Crippen molar-refractivity contribution in [2.75, 3.05) is 43.2 Å². The number of aryl methyl sites for hydroxylation is 1. The van der Waals surface area contributed by atoms with Crippen LogP contribution in [0.15, 0.2) is 4.90 Å². The summed E-state index contributed by atoms with van der Waals surface area (Å²) in [4.78, 5) is 2.00.